The van der Waals surface area contributed by atoms with Crippen LogP contribution in [0.4, 0.5) is 0 Å². The minimum absolute atomic E-state index is 0.334. The minimum Gasteiger partial charge on any atom is -0.439 e. The lowest BCUT2D eigenvalue weighted by molar-refractivity contribution is 0.461. The van der Waals surface area contributed by atoms with Crippen LogP contribution in [-0.2, 0) is 0 Å². The summed E-state index contributed by atoms with van der Waals surface area (Å²) in [5.74, 6) is 1.20. The molecule has 0 saturated heterocycles. The normalized spacial score (nSPS) is 10.1. The summed E-state index contributed by atoms with van der Waals surface area (Å²) in [6, 6.07) is 11.1. The zero-order chi connectivity index (χ0) is 13.1. The second-order valence-electron chi connectivity index (χ2n) is 3.76. The van der Waals surface area contributed by atoms with Gasteiger partial charge in [-0.3, -0.25) is 0 Å². The van der Waals surface area contributed by atoms with Gasteiger partial charge in [0.05, 0.1) is 0 Å². The van der Waals surface area contributed by atoms with Gasteiger partial charge in [-0.15, -0.1) is 0 Å². The maximum atomic E-state index is 5.66. The molecular weight excluding hydrogens is 312 g/mol. The lowest BCUT2D eigenvalue weighted by Crippen LogP contribution is -2.10. The van der Waals surface area contributed by atoms with Crippen molar-refractivity contribution in [2.75, 3.05) is 0 Å². The van der Waals surface area contributed by atoms with Crippen molar-refractivity contribution in [3.63, 3.8) is 0 Å². The second-order valence-corrected chi connectivity index (χ2v) is 5.11. The van der Waals surface area contributed by atoms with E-state index in [2.05, 4.69) is 20.9 Å². The number of benzene rings is 1. The predicted octanol–water partition coefficient (Wildman–Crippen LogP) is 3.58. The molecule has 0 saturated carbocycles. The van der Waals surface area contributed by atoms with E-state index in [1.54, 1.807) is 6.07 Å². The molecule has 92 valence electrons. The first-order chi connectivity index (χ1) is 8.54. The second kappa shape index (κ2) is 5.46. The maximum absolute atomic E-state index is 5.66. The van der Waals surface area contributed by atoms with Crippen LogP contribution < -0.4 is 10.5 Å². The van der Waals surface area contributed by atoms with Gasteiger partial charge in [-0.05, 0) is 37.3 Å². The Kier molecular flexibility index (Phi) is 3.93. The number of aryl methyl sites for hydroxylation is 1. The van der Waals surface area contributed by atoms with Gasteiger partial charge in [-0.1, -0.05) is 28.1 Å². The molecular formula is C13H11BrN2OS. The number of hydrogen-bond acceptors (Lipinski definition) is 3. The Morgan fingerprint density at radius 1 is 1.28 bits per heavy atom. The number of thiocarbonyl (C=S) groups is 1. The highest BCUT2D eigenvalue weighted by Crippen LogP contribution is 2.23. The van der Waals surface area contributed by atoms with Crippen LogP contribution in [-0.4, -0.2) is 9.97 Å². The number of rotatable bonds is 3. The van der Waals surface area contributed by atoms with E-state index in [0.29, 0.717) is 16.6 Å². The molecule has 0 fully saturated rings. The Hall–Kier alpha value is -1.46. The number of nitrogens with two attached hydrogens (primary N) is 1. The third-order valence-electron chi connectivity index (χ3n) is 2.25. The molecule has 1 aromatic heterocycles. The molecule has 1 aromatic carbocycles. The number of halogens is 1. The van der Waals surface area contributed by atoms with E-state index in [9.17, 15) is 0 Å². The number of nitrogens with zero attached hydrogens (tertiary/aromatic N) is 1. The van der Waals surface area contributed by atoms with Gasteiger partial charge in [-0.25, -0.2) is 4.98 Å². The Balaban J connectivity index is 2.28. The van der Waals surface area contributed by atoms with Gasteiger partial charge >= 0.3 is 0 Å². The van der Waals surface area contributed by atoms with Gasteiger partial charge in [0, 0.05) is 21.8 Å². The monoisotopic (exact) mass is 322 g/mol. The van der Waals surface area contributed by atoms with Crippen LogP contribution in [0, 0.1) is 6.92 Å². The Morgan fingerprint density at radius 2 is 1.94 bits per heavy atom. The average Bonchev–Trinajstić information content (AvgIpc) is 2.31. The van der Waals surface area contributed by atoms with Crippen molar-refractivity contribution in [3.05, 3.63) is 52.1 Å². The average molecular weight is 323 g/mol. The molecule has 0 aliphatic heterocycles. The van der Waals surface area contributed by atoms with E-state index in [1.165, 1.54) is 0 Å². The van der Waals surface area contributed by atoms with Gasteiger partial charge in [0.2, 0.25) is 5.88 Å². The van der Waals surface area contributed by atoms with Crippen molar-refractivity contribution in [1.82, 2.24) is 4.98 Å². The van der Waals surface area contributed by atoms with E-state index in [4.69, 9.17) is 22.7 Å². The molecule has 5 heteroatoms. The van der Waals surface area contributed by atoms with E-state index < -0.39 is 0 Å². The zero-order valence-electron chi connectivity index (χ0n) is 9.68. The maximum Gasteiger partial charge on any atom is 0.220 e. The van der Waals surface area contributed by atoms with Crippen molar-refractivity contribution in [2.45, 2.75) is 6.92 Å². The van der Waals surface area contributed by atoms with Gasteiger partial charge in [0.25, 0.3) is 0 Å². The molecule has 2 N–H and O–H groups in total. The number of hydrogen-bond donors (Lipinski definition) is 1. The molecule has 0 unspecified atom stereocenters. The molecule has 0 radical (unpaired) electrons. The predicted molar refractivity (Wildman–Crippen MR) is 79.1 cm³/mol. The van der Waals surface area contributed by atoms with Crippen LogP contribution >= 0.6 is 28.1 Å². The summed E-state index contributed by atoms with van der Waals surface area (Å²) in [5, 5.41) is 0. The van der Waals surface area contributed by atoms with Crippen LogP contribution in [0.15, 0.2) is 40.9 Å². The highest BCUT2D eigenvalue weighted by atomic mass is 79.9. The first kappa shape index (κ1) is 13.0. The molecule has 3 nitrogen and oxygen atoms in total. The van der Waals surface area contributed by atoms with Crippen LogP contribution in [0.2, 0.25) is 0 Å². The highest BCUT2D eigenvalue weighted by molar-refractivity contribution is 9.10. The molecule has 0 aliphatic rings. The Morgan fingerprint density at radius 3 is 2.56 bits per heavy atom. The van der Waals surface area contributed by atoms with Gasteiger partial charge in [-0.2, -0.15) is 0 Å². The standard InChI is InChI=1S/C13H11BrN2OS/c1-8-6-9(13(15)18)7-12(16-8)17-11-4-2-10(14)3-5-11/h2-7H,1H3,(H2,15,18). The summed E-state index contributed by atoms with van der Waals surface area (Å²) in [6.45, 7) is 1.87. The van der Waals surface area contributed by atoms with Gasteiger partial charge in [0.15, 0.2) is 0 Å². The van der Waals surface area contributed by atoms with Gasteiger partial charge in [0.1, 0.15) is 10.7 Å². The zero-order valence-corrected chi connectivity index (χ0v) is 12.1. The van der Waals surface area contributed by atoms with Crippen molar-refractivity contribution < 1.29 is 4.74 Å². The van der Waals surface area contributed by atoms with E-state index in [1.807, 2.05) is 37.3 Å². The fourth-order valence-corrected chi connectivity index (χ4v) is 1.84. The van der Waals surface area contributed by atoms with Crippen molar-refractivity contribution in [1.29, 1.82) is 0 Å². The lowest BCUT2D eigenvalue weighted by Gasteiger charge is -2.07. The molecule has 2 aromatic rings. The number of aromatic nitrogens is 1. The fourth-order valence-electron chi connectivity index (χ4n) is 1.46. The lowest BCUT2D eigenvalue weighted by atomic mass is 10.2. The first-order valence-corrected chi connectivity index (χ1v) is 6.46. The molecule has 0 bridgehead atoms. The molecule has 2 rings (SSSR count). The number of ether oxygens (including phenoxy) is 1. The van der Waals surface area contributed by atoms with E-state index in [-0.39, 0.29) is 0 Å². The number of pyridine rings is 1. The molecule has 0 atom stereocenters. The molecule has 1 heterocycles. The summed E-state index contributed by atoms with van der Waals surface area (Å²) >= 11 is 8.32. The van der Waals surface area contributed by atoms with E-state index in [0.717, 1.165) is 15.7 Å². The molecule has 18 heavy (non-hydrogen) atoms. The summed E-state index contributed by atoms with van der Waals surface area (Å²) in [6.07, 6.45) is 0. The van der Waals surface area contributed by atoms with Gasteiger partial charge < -0.3 is 10.5 Å². The Labute approximate surface area is 119 Å². The van der Waals surface area contributed by atoms with Crippen molar-refractivity contribution in [2.24, 2.45) is 5.73 Å². The van der Waals surface area contributed by atoms with Crippen LogP contribution in [0.5, 0.6) is 11.6 Å². The van der Waals surface area contributed by atoms with E-state index >= 15 is 0 Å². The topological polar surface area (TPSA) is 48.1 Å². The van der Waals surface area contributed by atoms with Crippen LogP contribution in [0.3, 0.4) is 0 Å². The fraction of sp³-hybridized carbons (Fsp3) is 0.0769. The summed E-state index contributed by atoms with van der Waals surface area (Å²) < 4.78 is 6.65. The molecule has 0 amide bonds. The summed E-state index contributed by atoms with van der Waals surface area (Å²) in [7, 11) is 0. The first-order valence-electron chi connectivity index (χ1n) is 5.26. The smallest absolute Gasteiger partial charge is 0.220 e. The molecule has 0 aliphatic carbocycles. The van der Waals surface area contributed by atoms with Crippen LogP contribution in [0.1, 0.15) is 11.3 Å². The quantitative estimate of drug-likeness (QED) is 0.877. The summed E-state index contributed by atoms with van der Waals surface area (Å²) in [4.78, 5) is 4.62. The van der Waals surface area contributed by atoms with Crippen LogP contribution in [0.25, 0.3) is 0 Å². The van der Waals surface area contributed by atoms with Crippen molar-refractivity contribution in [3.8, 4) is 11.6 Å². The Bertz CT molecular complexity index is 584. The van der Waals surface area contributed by atoms with Crippen molar-refractivity contribution >= 4 is 33.1 Å². The SMILES string of the molecule is Cc1cc(C(N)=S)cc(Oc2ccc(Br)cc2)n1. The molecule has 0 spiro atoms. The highest BCUT2D eigenvalue weighted by Gasteiger charge is 2.04. The largest absolute Gasteiger partial charge is 0.439 e. The minimum atomic E-state index is 0.334. The third-order valence-corrected chi connectivity index (χ3v) is 3.01. The summed E-state index contributed by atoms with van der Waals surface area (Å²) in [5.41, 5.74) is 7.17. The third kappa shape index (κ3) is 3.27.